The van der Waals surface area contributed by atoms with Gasteiger partial charge in [-0.05, 0) is 42.8 Å². The molecule has 2 aromatic carbocycles. The van der Waals surface area contributed by atoms with Crippen LogP contribution in [0.25, 0.3) is 11.1 Å². The fourth-order valence-corrected chi connectivity index (χ4v) is 2.22. The molecule has 0 aliphatic heterocycles. The molecular formula is C16H15N3O2. The molecule has 0 aliphatic rings. The van der Waals surface area contributed by atoms with Crippen LogP contribution in [0.15, 0.2) is 40.8 Å². The van der Waals surface area contributed by atoms with Crippen LogP contribution in [0.4, 0.5) is 11.4 Å². The number of amides is 1. The van der Waals surface area contributed by atoms with Gasteiger partial charge in [0.1, 0.15) is 5.52 Å². The van der Waals surface area contributed by atoms with Crippen molar-refractivity contribution in [1.82, 2.24) is 4.98 Å². The SMILES string of the molecule is Cc1nc2cc(NC(=O)c3cccc(N)c3C)ccc2o1. The highest BCUT2D eigenvalue weighted by atomic mass is 16.3. The van der Waals surface area contributed by atoms with Crippen LogP contribution < -0.4 is 11.1 Å². The van der Waals surface area contributed by atoms with Gasteiger partial charge in [-0.25, -0.2) is 4.98 Å². The molecule has 0 radical (unpaired) electrons. The van der Waals surface area contributed by atoms with Crippen molar-refractivity contribution in [2.24, 2.45) is 0 Å². The van der Waals surface area contributed by atoms with E-state index in [1.165, 1.54) is 0 Å². The Labute approximate surface area is 121 Å². The van der Waals surface area contributed by atoms with Crippen LogP contribution in [0.5, 0.6) is 0 Å². The number of oxazole rings is 1. The number of nitrogens with one attached hydrogen (secondary N) is 1. The molecule has 0 bridgehead atoms. The van der Waals surface area contributed by atoms with Crippen LogP contribution in [0.1, 0.15) is 21.8 Å². The zero-order valence-electron chi connectivity index (χ0n) is 11.8. The zero-order valence-corrected chi connectivity index (χ0v) is 11.8. The quantitative estimate of drug-likeness (QED) is 0.706. The van der Waals surface area contributed by atoms with Crippen LogP contribution in [0.3, 0.4) is 0 Å². The van der Waals surface area contributed by atoms with E-state index in [4.69, 9.17) is 10.2 Å². The number of nitrogens with zero attached hydrogens (tertiary/aromatic N) is 1. The maximum Gasteiger partial charge on any atom is 0.256 e. The molecule has 3 rings (SSSR count). The highest BCUT2D eigenvalue weighted by Crippen LogP contribution is 2.21. The van der Waals surface area contributed by atoms with Gasteiger partial charge in [-0.15, -0.1) is 0 Å². The minimum absolute atomic E-state index is 0.195. The first kappa shape index (κ1) is 13.2. The summed E-state index contributed by atoms with van der Waals surface area (Å²) in [5, 5.41) is 2.85. The molecule has 1 aromatic heterocycles. The molecule has 5 nitrogen and oxygen atoms in total. The second-order valence-electron chi connectivity index (χ2n) is 4.89. The van der Waals surface area contributed by atoms with Gasteiger partial charge in [0.15, 0.2) is 11.5 Å². The molecule has 106 valence electrons. The van der Waals surface area contributed by atoms with E-state index in [1.54, 1.807) is 43.3 Å². The standard InChI is InChI=1S/C16H15N3O2/c1-9-12(4-3-5-13(9)17)16(20)19-11-6-7-15-14(8-11)18-10(2)21-15/h3-8H,17H2,1-2H3,(H,19,20). The molecule has 0 saturated heterocycles. The van der Waals surface area contributed by atoms with E-state index in [0.717, 1.165) is 11.1 Å². The Morgan fingerprint density at radius 2 is 2.05 bits per heavy atom. The van der Waals surface area contributed by atoms with Gasteiger partial charge in [-0.1, -0.05) is 6.07 Å². The van der Waals surface area contributed by atoms with E-state index in [0.29, 0.717) is 28.4 Å². The number of hydrogen-bond donors (Lipinski definition) is 2. The molecule has 0 atom stereocenters. The van der Waals surface area contributed by atoms with E-state index in [9.17, 15) is 4.79 Å². The number of nitrogens with two attached hydrogens (primary N) is 1. The monoisotopic (exact) mass is 281 g/mol. The van der Waals surface area contributed by atoms with E-state index in [-0.39, 0.29) is 5.91 Å². The molecule has 5 heteroatoms. The molecule has 1 heterocycles. The van der Waals surface area contributed by atoms with Crippen molar-refractivity contribution in [3.05, 3.63) is 53.4 Å². The number of carbonyl (C=O) groups excluding carboxylic acids is 1. The van der Waals surface area contributed by atoms with Crippen molar-refractivity contribution in [2.75, 3.05) is 11.1 Å². The number of nitrogen functional groups attached to an aromatic ring is 1. The Morgan fingerprint density at radius 1 is 1.24 bits per heavy atom. The summed E-state index contributed by atoms with van der Waals surface area (Å²) in [6.45, 7) is 3.61. The molecule has 1 amide bonds. The van der Waals surface area contributed by atoms with E-state index >= 15 is 0 Å². The second-order valence-corrected chi connectivity index (χ2v) is 4.89. The van der Waals surface area contributed by atoms with Crippen LogP contribution in [0.2, 0.25) is 0 Å². The van der Waals surface area contributed by atoms with Gasteiger partial charge in [0, 0.05) is 23.9 Å². The maximum absolute atomic E-state index is 12.3. The lowest BCUT2D eigenvalue weighted by molar-refractivity contribution is 0.102. The number of rotatable bonds is 2. The van der Waals surface area contributed by atoms with Crippen molar-refractivity contribution in [3.8, 4) is 0 Å². The largest absolute Gasteiger partial charge is 0.441 e. The Morgan fingerprint density at radius 3 is 2.86 bits per heavy atom. The van der Waals surface area contributed by atoms with Gasteiger partial charge < -0.3 is 15.5 Å². The fraction of sp³-hybridized carbons (Fsp3) is 0.125. The van der Waals surface area contributed by atoms with Gasteiger partial charge >= 0.3 is 0 Å². The van der Waals surface area contributed by atoms with Crippen molar-refractivity contribution < 1.29 is 9.21 Å². The van der Waals surface area contributed by atoms with Crippen molar-refractivity contribution >= 4 is 28.4 Å². The molecule has 0 aliphatic carbocycles. The van der Waals surface area contributed by atoms with Crippen molar-refractivity contribution in [1.29, 1.82) is 0 Å². The minimum atomic E-state index is -0.195. The zero-order chi connectivity index (χ0) is 15.0. The first-order valence-corrected chi connectivity index (χ1v) is 6.58. The summed E-state index contributed by atoms with van der Waals surface area (Å²) in [6.07, 6.45) is 0. The first-order valence-electron chi connectivity index (χ1n) is 6.58. The van der Waals surface area contributed by atoms with Gasteiger partial charge in [0.05, 0.1) is 0 Å². The summed E-state index contributed by atoms with van der Waals surface area (Å²) in [4.78, 5) is 16.6. The highest BCUT2D eigenvalue weighted by Gasteiger charge is 2.11. The normalized spacial score (nSPS) is 10.8. The molecule has 3 N–H and O–H groups in total. The topological polar surface area (TPSA) is 81.2 Å². The van der Waals surface area contributed by atoms with Crippen LogP contribution in [-0.2, 0) is 0 Å². The van der Waals surface area contributed by atoms with Gasteiger partial charge in [-0.2, -0.15) is 0 Å². The third kappa shape index (κ3) is 2.45. The summed E-state index contributed by atoms with van der Waals surface area (Å²) >= 11 is 0. The summed E-state index contributed by atoms with van der Waals surface area (Å²) in [6, 6.07) is 10.6. The summed E-state index contributed by atoms with van der Waals surface area (Å²) < 4.78 is 5.41. The summed E-state index contributed by atoms with van der Waals surface area (Å²) in [5.41, 5.74) is 9.85. The average Bonchev–Trinajstić information content (AvgIpc) is 2.81. The summed E-state index contributed by atoms with van der Waals surface area (Å²) in [5.74, 6) is 0.402. The molecule has 0 saturated carbocycles. The number of anilines is 2. The number of aromatic nitrogens is 1. The average molecular weight is 281 g/mol. The smallest absolute Gasteiger partial charge is 0.256 e. The number of hydrogen-bond acceptors (Lipinski definition) is 4. The van der Waals surface area contributed by atoms with Gasteiger partial charge in [-0.3, -0.25) is 4.79 Å². The Hall–Kier alpha value is -2.82. The third-order valence-electron chi connectivity index (χ3n) is 3.37. The molecule has 0 unspecified atom stereocenters. The van der Waals surface area contributed by atoms with E-state index in [2.05, 4.69) is 10.3 Å². The lowest BCUT2D eigenvalue weighted by Gasteiger charge is -2.09. The lowest BCUT2D eigenvalue weighted by Crippen LogP contribution is -2.14. The number of aryl methyl sites for hydroxylation is 1. The van der Waals surface area contributed by atoms with Gasteiger partial charge in [0.2, 0.25) is 0 Å². The molecule has 0 fully saturated rings. The number of carbonyl (C=O) groups is 1. The predicted octanol–water partition coefficient (Wildman–Crippen LogP) is 3.28. The third-order valence-corrected chi connectivity index (χ3v) is 3.37. The van der Waals surface area contributed by atoms with Crippen molar-refractivity contribution in [2.45, 2.75) is 13.8 Å². The van der Waals surface area contributed by atoms with E-state index in [1.807, 2.05) is 6.92 Å². The van der Waals surface area contributed by atoms with E-state index < -0.39 is 0 Å². The summed E-state index contributed by atoms with van der Waals surface area (Å²) in [7, 11) is 0. The Balaban J connectivity index is 1.90. The predicted molar refractivity (Wildman–Crippen MR) is 82.3 cm³/mol. The highest BCUT2D eigenvalue weighted by molar-refractivity contribution is 6.06. The van der Waals surface area contributed by atoms with Crippen LogP contribution >= 0.6 is 0 Å². The molecular weight excluding hydrogens is 266 g/mol. The Bertz CT molecular complexity index is 837. The lowest BCUT2D eigenvalue weighted by atomic mass is 10.1. The maximum atomic E-state index is 12.3. The Kier molecular flexibility index (Phi) is 3.10. The minimum Gasteiger partial charge on any atom is -0.441 e. The molecule has 0 spiro atoms. The number of fused-ring (bicyclic) bond motifs is 1. The van der Waals surface area contributed by atoms with Crippen LogP contribution in [-0.4, -0.2) is 10.9 Å². The fourth-order valence-electron chi connectivity index (χ4n) is 2.22. The van der Waals surface area contributed by atoms with Gasteiger partial charge in [0.25, 0.3) is 5.91 Å². The first-order chi connectivity index (χ1) is 10.0. The van der Waals surface area contributed by atoms with Crippen molar-refractivity contribution in [3.63, 3.8) is 0 Å². The number of benzene rings is 2. The molecule has 21 heavy (non-hydrogen) atoms. The van der Waals surface area contributed by atoms with Crippen LogP contribution in [0, 0.1) is 13.8 Å². The molecule has 3 aromatic rings. The second kappa shape index (κ2) is 4.94.